The molecule has 108 valence electrons. The van der Waals surface area contributed by atoms with Crippen molar-refractivity contribution in [1.29, 1.82) is 0 Å². The third-order valence-electron chi connectivity index (χ3n) is 5.14. The zero-order valence-corrected chi connectivity index (χ0v) is 12.0. The smallest absolute Gasteiger partial charge is 0.248 e. The highest BCUT2D eigenvalue weighted by Crippen LogP contribution is 2.45. The van der Waals surface area contributed by atoms with Gasteiger partial charge in [-0.15, -0.1) is 0 Å². The molecule has 1 aromatic rings. The van der Waals surface area contributed by atoms with Crippen molar-refractivity contribution in [3.05, 3.63) is 35.9 Å². The first-order valence-electron chi connectivity index (χ1n) is 7.32. The van der Waals surface area contributed by atoms with E-state index >= 15 is 0 Å². The number of hydrogen-bond donors (Lipinski definition) is 1. The van der Waals surface area contributed by atoms with Crippen molar-refractivity contribution in [3.8, 4) is 0 Å². The van der Waals surface area contributed by atoms with E-state index in [1.807, 2.05) is 4.90 Å². The van der Waals surface area contributed by atoms with Crippen LogP contribution in [0.1, 0.15) is 18.4 Å². The van der Waals surface area contributed by atoms with Crippen molar-refractivity contribution in [1.82, 2.24) is 9.80 Å². The molecule has 3 rings (SSSR count). The van der Waals surface area contributed by atoms with Gasteiger partial charge in [0.25, 0.3) is 0 Å². The molecule has 2 saturated heterocycles. The molecule has 0 saturated carbocycles. The normalized spacial score (nSPS) is 30.3. The van der Waals surface area contributed by atoms with Gasteiger partial charge in [-0.05, 0) is 32.0 Å². The van der Waals surface area contributed by atoms with Crippen LogP contribution in [0.15, 0.2) is 30.3 Å². The average molecular weight is 274 g/mol. The van der Waals surface area contributed by atoms with Crippen LogP contribution in [-0.4, -0.2) is 60.1 Å². The van der Waals surface area contributed by atoms with Gasteiger partial charge >= 0.3 is 0 Å². The molecule has 0 spiro atoms. The molecule has 1 N–H and O–H groups in total. The predicted molar refractivity (Wildman–Crippen MR) is 77.4 cm³/mol. The fourth-order valence-corrected chi connectivity index (χ4v) is 3.94. The number of carbonyl (C=O) groups is 1. The monoisotopic (exact) mass is 274 g/mol. The highest BCUT2D eigenvalue weighted by atomic mass is 16.3. The summed E-state index contributed by atoms with van der Waals surface area (Å²) < 4.78 is 0. The number of rotatable bonds is 2. The summed E-state index contributed by atoms with van der Waals surface area (Å²) in [6.45, 7) is 2.17. The molecule has 1 aromatic carbocycles. The molecule has 0 aliphatic carbocycles. The lowest BCUT2D eigenvalue weighted by Crippen LogP contribution is -2.56. The largest absolute Gasteiger partial charge is 0.387 e. The third-order valence-corrected chi connectivity index (χ3v) is 5.14. The van der Waals surface area contributed by atoms with Gasteiger partial charge in [0.05, 0.1) is 0 Å². The lowest BCUT2D eigenvalue weighted by atomic mass is 9.69. The summed E-state index contributed by atoms with van der Waals surface area (Å²) in [5, 5.41) is 9.07. The third kappa shape index (κ3) is 2.03. The van der Waals surface area contributed by atoms with Crippen LogP contribution in [-0.2, 0) is 10.2 Å². The highest BCUT2D eigenvalue weighted by Gasteiger charge is 2.50. The van der Waals surface area contributed by atoms with E-state index in [1.165, 1.54) is 5.56 Å². The topological polar surface area (TPSA) is 43.8 Å². The van der Waals surface area contributed by atoms with Gasteiger partial charge in [-0.2, -0.15) is 0 Å². The lowest BCUT2D eigenvalue weighted by molar-refractivity contribution is -0.136. The van der Waals surface area contributed by atoms with E-state index in [0.717, 1.165) is 32.5 Å². The molecule has 2 aliphatic heterocycles. The van der Waals surface area contributed by atoms with Crippen molar-refractivity contribution in [2.75, 3.05) is 33.3 Å². The molecule has 20 heavy (non-hydrogen) atoms. The number of nitrogens with zero attached hydrogens (tertiary/aromatic N) is 2. The standard InChI is InChI=1S/C16H22N2O2/c1-17-9-7-16(13-5-3-2-4-6-13)8-10-18(11-14(16)17)15(20)12-19/h2-6,14,19H,7-12H2,1H3/t14-,16-/m0/s1. The average Bonchev–Trinajstić information content (AvgIpc) is 2.85. The van der Waals surface area contributed by atoms with Crippen LogP contribution in [0.3, 0.4) is 0 Å². The number of aliphatic hydroxyl groups is 1. The van der Waals surface area contributed by atoms with Gasteiger partial charge in [0.15, 0.2) is 0 Å². The van der Waals surface area contributed by atoms with Crippen molar-refractivity contribution in [2.24, 2.45) is 0 Å². The van der Waals surface area contributed by atoms with Crippen LogP contribution in [0.25, 0.3) is 0 Å². The van der Waals surface area contributed by atoms with Crippen molar-refractivity contribution in [3.63, 3.8) is 0 Å². The summed E-state index contributed by atoms with van der Waals surface area (Å²) in [5.74, 6) is -0.146. The van der Waals surface area contributed by atoms with E-state index in [2.05, 4.69) is 42.3 Å². The Morgan fingerprint density at radius 1 is 1.30 bits per heavy atom. The second kappa shape index (κ2) is 5.19. The molecule has 0 aromatic heterocycles. The molecular weight excluding hydrogens is 252 g/mol. The first-order valence-corrected chi connectivity index (χ1v) is 7.32. The Kier molecular flexibility index (Phi) is 3.52. The summed E-state index contributed by atoms with van der Waals surface area (Å²) in [6.07, 6.45) is 2.14. The van der Waals surface area contributed by atoms with Crippen LogP contribution in [0.4, 0.5) is 0 Å². The quantitative estimate of drug-likeness (QED) is 0.869. The number of likely N-dealkylation sites (N-methyl/N-ethyl adjacent to an activating group) is 1. The molecule has 0 unspecified atom stereocenters. The Hall–Kier alpha value is -1.39. The molecule has 4 heteroatoms. The fourth-order valence-electron chi connectivity index (χ4n) is 3.94. The summed E-state index contributed by atoms with van der Waals surface area (Å²) in [7, 11) is 2.14. The summed E-state index contributed by atoms with van der Waals surface area (Å²) in [6, 6.07) is 11.0. The minimum absolute atomic E-state index is 0.146. The molecule has 4 nitrogen and oxygen atoms in total. The number of amides is 1. The van der Waals surface area contributed by atoms with Crippen LogP contribution in [0, 0.1) is 0 Å². The highest BCUT2D eigenvalue weighted by molar-refractivity contribution is 5.77. The van der Waals surface area contributed by atoms with Crippen LogP contribution >= 0.6 is 0 Å². The van der Waals surface area contributed by atoms with Gasteiger partial charge in [-0.3, -0.25) is 4.79 Å². The Labute approximate surface area is 120 Å². The maximum absolute atomic E-state index is 11.8. The van der Waals surface area contributed by atoms with Crippen LogP contribution in [0.2, 0.25) is 0 Å². The van der Waals surface area contributed by atoms with Crippen molar-refractivity contribution in [2.45, 2.75) is 24.3 Å². The predicted octanol–water partition coefficient (Wildman–Crippen LogP) is 0.853. The molecular formula is C16H22N2O2. The van der Waals surface area contributed by atoms with E-state index in [0.29, 0.717) is 6.04 Å². The van der Waals surface area contributed by atoms with Gasteiger partial charge in [0, 0.05) is 24.5 Å². The van der Waals surface area contributed by atoms with Gasteiger partial charge < -0.3 is 14.9 Å². The maximum atomic E-state index is 11.8. The number of fused-ring (bicyclic) bond motifs is 1. The Bertz CT molecular complexity index is 491. The summed E-state index contributed by atoms with van der Waals surface area (Å²) >= 11 is 0. The Morgan fingerprint density at radius 2 is 2.00 bits per heavy atom. The van der Waals surface area contributed by atoms with Crippen LogP contribution in [0.5, 0.6) is 0 Å². The number of carbonyl (C=O) groups excluding carboxylic acids is 1. The zero-order chi connectivity index (χ0) is 14.2. The van der Waals surface area contributed by atoms with Crippen molar-refractivity contribution >= 4 is 5.91 Å². The second-order valence-corrected chi connectivity index (χ2v) is 6.02. The van der Waals surface area contributed by atoms with E-state index in [1.54, 1.807) is 0 Å². The summed E-state index contributed by atoms with van der Waals surface area (Å²) in [5.41, 5.74) is 1.56. The van der Waals surface area contributed by atoms with Gasteiger partial charge in [-0.1, -0.05) is 30.3 Å². The van der Waals surface area contributed by atoms with E-state index in [-0.39, 0.29) is 17.9 Å². The first kappa shape index (κ1) is 13.6. The first-order chi connectivity index (χ1) is 9.67. The zero-order valence-electron chi connectivity index (χ0n) is 12.0. The molecule has 2 heterocycles. The van der Waals surface area contributed by atoms with Gasteiger partial charge in [-0.25, -0.2) is 0 Å². The molecule has 2 aliphatic rings. The number of hydrogen-bond acceptors (Lipinski definition) is 3. The number of piperidine rings is 1. The molecule has 1 amide bonds. The van der Waals surface area contributed by atoms with Gasteiger partial charge in [0.2, 0.25) is 5.91 Å². The van der Waals surface area contributed by atoms with E-state index in [4.69, 9.17) is 5.11 Å². The number of aliphatic hydroxyl groups excluding tert-OH is 1. The summed E-state index contributed by atoms with van der Waals surface area (Å²) in [4.78, 5) is 15.9. The molecule has 2 atom stereocenters. The SMILES string of the molecule is CN1CC[C@@]2(c3ccccc3)CCN(C(=O)CO)C[C@H]12. The van der Waals surface area contributed by atoms with Crippen LogP contribution < -0.4 is 0 Å². The minimum atomic E-state index is -0.380. The minimum Gasteiger partial charge on any atom is -0.387 e. The van der Waals surface area contributed by atoms with Crippen molar-refractivity contribution < 1.29 is 9.90 Å². The molecule has 0 radical (unpaired) electrons. The van der Waals surface area contributed by atoms with E-state index in [9.17, 15) is 4.79 Å². The van der Waals surface area contributed by atoms with Gasteiger partial charge in [0.1, 0.15) is 6.61 Å². The number of benzene rings is 1. The molecule has 0 bridgehead atoms. The second-order valence-electron chi connectivity index (χ2n) is 6.02. The Balaban J connectivity index is 1.90. The maximum Gasteiger partial charge on any atom is 0.248 e. The fraction of sp³-hybridized carbons (Fsp3) is 0.562. The van der Waals surface area contributed by atoms with E-state index < -0.39 is 0 Å². The lowest BCUT2D eigenvalue weighted by Gasteiger charge is -2.46. The molecule has 2 fully saturated rings. The Morgan fingerprint density at radius 3 is 2.70 bits per heavy atom. The number of likely N-dealkylation sites (tertiary alicyclic amines) is 2.